The molecule has 546 valence electrons. The maximum Gasteiger partial charge on any atom is 0.381 e. The van der Waals surface area contributed by atoms with Crippen LogP contribution >= 0.6 is 38.3 Å². The number of ether oxygens (including phenoxy) is 4. The number of aromatic nitrogens is 8. The zero-order valence-corrected chi connectivity index (χ0v) is 58.0. The van der Waals surface area contributed by atoms with Gasteiger partial charge in [-0.3, -0.25) is 18.3 Å². The quantitative estimate of drug-likeness (QED) is 0.0271. The lowest BCUT2D eigenvalue weighted by Gasteiger charge is -2.26. The predicted octanol–water partition coefficient (Wildman–Crippen LogP) is 7.23. The average Bonchev–Trinajstić information content (AvgIpc) is 1.78. The van der Waals surface area contributed by atoms with Crippen LogP contribution in [-0.2, 0) is 41.3 Å². The van der Waals surface area contributed by atoms with E-state index in [-0.39, 0.29) is 55.3 Å². The summed E-state index contributed by atoms with van der Waals surface area (Å²) in [6.45, 7) is 7.74. The number of methoxy groups -OCH3 is 4. The Morgan fingerprint density at radius 2 is 0.624 bits per heavy atom. The molecule has 0 saturated carbocycles. The molecular weight excluding hydrogens is 1400 g/mol. The van der Waals surface area contributed by atoms with Gasteiger partial charge in [-0.15, -0.1) is 24.8 Å². The molecule has 0 spiro atoms. The number of halogens is 2. The van der Waals surface area contributed by atoms with Crippen molar-refractivity contribution in [1.29, 1.82) is 0 Å². The zero-order valence-electron chi connectivity index (χ0n) is 55.3. The first-order chi connectivity index (χ1) is 45.3. The summed E-state index contributed by atoms with van der Waals surface area (Å²) in [6, 6.07) is 35.5. The number of hydrogen-bond acceptors (Lipinski definition) is 22. The van der Waals surface area contributed by atoms with Gasteiger partial charge in [-0.25, -0.2) is 19.2 Å². The molecule has 0 bridgehead atoms. The van der Waals surface area contributed by atoms with Crippen molar-refractivity contribution < 1.29 is 94.3 Å². The van der Waals surface area contributed by atoms with Crippen LogP contribution < -0.4 is 24.3 Å². The molecule has 0 aliphatic carbocycles. The second-order valence-corrected chi connectivity index (χ2v) is 20.9. The number of carboxylic acids is 4. The Labute approximate surface area is 593 Å². The van der Waals surface area contributed by atoms with Crippen LogP contribution in [0.4, 0.5) is 23.3 Å². The SMILES string of the molecule is CN[C@H](C)[C@@H](O)c1ccccc1.COc1ccc(C(C)(C(=O)O)n2cnc([N+](=O)[O-])c2)cc1.COc1ccc([C@@](C)(C(=O)O)n2cnc([N+](=O)[O-])c2)cc1.COc1ccc([C@@](C)(C(=O)O)n2cnc([N+](=O)[O-])c2)cc1.COc1ccc([C@](C)(C(=O)O)n2cnc([N+](=O)[O-])c2)cc1.Cl.Cl.O.O.S. The van der Waals surface area contributed by atoms with Gasteiger partial charge in [0.05, 0.1) is 34.5 Å². The molecule has 0 radical (unpaired) electrons. The number of benzene rings is 5. The van der Waals surface area contributed by atoms with Gasteiger partial charge < -0.3 is 101 Å². The number of nitrogens with zero attached hydrogens (tertiary/aromatic N) is 12. The topological polar surface area (TPSA) is 525 Å². The molecule has 4 aromatic heterocycles. The molecule has 1 unspecified atom stereocenters. The third kappa shape index (κ3) is 20.7. The van der Waals surface area contributed by atoms with E-state index in [1.807, 2.05) is 44.3 Å². The van der Waals surface area contributed by atoms with Crippen molar-refractivity contribution in [2.24, 2.45) is 0 Å². The van der Waals surface area contributed by atoms with Crippen molar-refractivity contribution in [3.8, 4) is 23.0 Å². The summed E-state index contributed by atoms with van der Waals surface area (Å²) in [6.07, 6.45) is 8.50. The van der Waals surface area contributed by atoms with Gasteiger partial charge >= 0.3 is 47.1 Å². The summed E-state index contributed by atoms with van der Waals surface area (Å²) in [4.78, 5) is 101. The maximum atomic E-state index is 11.7. The van der Waals surface area contributed by atoms with Gasteiger partial charge in [-0.05, 0) is 158 Å². The van der Waals surface area contributed by atoms with Gasteiger partial charge in [0.25, 0.3) is 0 Å². The van der Waals surface area contributed by atoms with Crippen molar-refractivity contribution in [1.82, 2.24) is 43.5 Å². The number of carbonyl (C=O) groups is 4. The summed E-state index contributed by atoms with van der Waals surface area (Å²) in [5, 5.41) is 93.8. The van der Waals surface area contributed by atoms with Crippen molar-refractivity contribution in [3.63, 3.8) is 0 Å². The summed E-state index contributed by atoms with van der Waals surface area (Å²) < 4.78 is 24.9. The highest BCUT2D eigenvalue weighted by Crippen LogP contribution is 2.34. The van der Waals surface area contributed by atoms with Gasteiger partial charge in [-0.2, -0.15) is 13.5 Å². The predicted molar refractivity (Wildman–Crippen MR) is 371 cm³/mol. The van der Waals surface area contributed by atoms with Crippen LogP contribution in [0.2, 0.25) is 0 Å². The van der Waals surface area contributed by atoms with Crippen LogP contribution in [-0.4, -0.2) is 160 Å². The Morgan fingerprint density at radius 3 is 0.772 bits per heavy atom. The van der Waals surface area contributed by atoms with Crippen molar-refractivity contribution in [2.75, 3.05) is 35.5 Å². The highest BCUT2D eigenvalue weighted by atomic mass is 35.5. The summed E-state index contributed by atoms with van der Waals surface area (Å²) in [5.74, 6) is -3.89. The molecule has 6 atom stereocenters. The molecule has 0 fully saturated rings. The summed E-state index contributed by atoms with van der Waals surface area (Å²) in [7, 11) is 7.86. The van der Waals surface area contributed by atoms with Gasteiger partial charge in [0.1, 0.15) is 47.8 Å². The van der Waals surface area contributed by atoms with Gasteiger partial charge in [-0.1, -0.05) is 78.9 Å². The minimum Gasteiger partial charge on any atom is -0.497 e. The number of imidazole rings is 4. The average molecular weight is 1470 g/mol. The van der Waals surface area contributed by atoms with Gasteiger partial charge in [0.15, 0.2) is 22.2 Å². The Balaban J connectivity index is 0.00000123. The highest BCUT2D eigenvalue weighted by Gasteiger charge is 2.42. The fourth-order valence-corrected chi connectivity index (χ4v) is 8.90. The molecule has 0 aliphatic heterocycles. The second kappa shape index (κ2) is 39.1. The number of likely N-dealkylation sites (N-methyl/N-ethyl adjacent to an activating group) is 1. The number of aliphatic hydroxyl groups excluding tert-OH is 1. The van der Waals surface area contributed by atoms with Crippen molar-refractivity contribution in [3.05, 3.63) is 246 Å². The van der Waals surface area contributed by atoms with E-state index in [1.54, 1.807) is 97.1 Å². The monoisotopic (exact) mass is 1470 g/mol. The Bertz CT molecular complexity index is 3690. The maximum absolute atomic E-state index is 11.7. The van der Waals surface area contributed by atoms with E-state index in [4.69, 9.17) is 18.9 Å². The lowest BCUT2D eigenvalue weighted by Crippen LogP contribution is -2.39. The molecule has 10 N–H and O–H groups in total. The number of nitrogens with one attached hydrogen (secondary N) is 1. The molecule has 9 aromatic rings. The lowest BCUT2D eigenvalue weighted by molar-refractivity contribution is -0.389. The molecular formula is C62H75Cl2N13O23S. The van der Waals surface area contributed by atoms with Crippen molar-refractivity contribution >= 4 is 85.5 Å². The standard InChI is InChI=1S/4C13H13N3O5.C10H15NO.2ClH.2H2O.H2S/c4*1-13(12(17)18,9-3-5-10(21-2)6-4-9)15-7-11(14-8-15)16(19)20;1-8(11-2)10(12)9-6-4-3-5-7-9;;;;;/h4*3-8H,1-2H3,(H,17,18);3-8,10-12H,1-2H3;2*1H;3*1H2/t3*13-;;8-,10-;;;;;/m100.1...../s1. The van der Waals surface area contributed by atoms with E-state index >= 15 is 0 Å². The number of rotatable bonds is 23. The van der Waals surface area contributed by atoms with E-state index in [0.717, 1.165) is 55.7 Å². The Morgan fingerprint density at radius 1 is 0.426 bits per heavy atom. The third-order valence-corrected chi connectivity index (χ3v) is 15.4. The van der Waals surface area contributed by atoms with Crippen LogP contribution in [0.3, 0.4) is 0 Å². The molecule has 5 aromatic carbocycles. The highest BCUT2D eigenvalue weighted by molar-refractivity contribution is 7.59. The lowest BCUT2D eigenvalue weighted by atomic mass is 9.92. The van der Waals surface area contributed by atoms with E-state index in [0.29, 0.717) is 45.3 Å². The molecule has 0 saturated heterocycles. The number of aliphatic hydroxyl groups is 1. The Hall–Kier alpha value is -11.6. The molecule has 36 nitrogen and oxygen atoms in total. The fourth-order valence-electron chi connectivity index (χ4n) is 8.90. The second-order valence-electron chi connectivity index (χ2n) is 20.9. The minimum atomic E-state index is -1.51. The molecule has 4 heterocycles. The van der Waals surface area contributed by atoms with E-state index < -0.39 is 95.1 Å². The first-order valence-corrected chi connectivity index (χ1v) is 28.0. The first-order valence-electron chi connectivity index (χ1n) is 28.0. The molecule has 9 rings (SSSR count). The smallest absolute Gasteiger partial charge is 0.381 e. The molecule has 0 aliphatic rings. The molecule has 0 amide bonds. The van der Waals surface area contributed by atoms with Crippen LogP contribution in [0.1, 0.15) is 68.5 Å². The normalized spacial score (nSPS) is 13.0. The van der Waals surface area contributed by atoms with E-state index in [2.05, 4.69) is 25.3 Å². The number of nitro groups is 4. The Kier molecular flexibility index (Phi) is 34.6. The number of aliphatic carboxylic acids is 4. The first kappa shape index (κ1) is 89.4. The van der Waals surface area contributed by atoms with Crippen LogP contribution in [0.15, 0.2) is 177 Å². The van der Waals surface area contributed by atoms with E-state index in [9.17, 15) is 85.2 Å². The fraction of sp³-hybridized carbons (Fsp3) is 0.258. The largest absolute Gasteiger partial charge is 0.497 e. The third-order valence-electron chi connectivity index (χ3n) is 15.4. The molecule has 39 heteroatoms. The van der Waals surface area contributed by atoms with Gasteiger partial charge in [0.2, 0.25) is 25.3 Å². The zero-order chi connectivity index (χ0) is 71.5. The molecule has 101 heavy (non-hydrogen) atoms. The van der Waals surface area contributed by atoms with E-state index in [1.165, 1.54) is 74.4 Å². The summed E-state index contributed by atoms with van der Waals surface area (Å²) in [5.41, 5.74) is -3.28. The number of carboxylic acid groups (broad SMARTS) is 4. The number of hydrogen-bond donors (Lipinski definition) is 6. The van der Waals surface area contributed by atoms with Crippen LogP contribution in [0.5, 0.6) is 23.0 Å². The van der Waals surface area contributed by atoms with Crippen LogP contribution in [0, 0.1) is 40.5 Å². The summed E-state index contributed by atoms with van der Waals surface area (Å²) >= 11 is 0. The van der Waals surface area contributed by atoms with Crippen LogP contribution in [0.25, 0.3) is 0 Å². The van der Waals surface area contributed by atoms with Crippen molar-refractivity contribution in [2.45, 2.75) is 68.9 Å². The minimum absolute atomic E-state index is 0. The van der Waals surface area contributed by atoms with Gasteiger partial charge in [0, 0.05) is 6.04 Å².